The highest BCUT2D eigenvalue weighted by Gasteiger charge is 2.11. The van der Waals surface area contributed by atoms with Crippen molar-refractivity contribution in [3.63, 3.8) is 0 Å². The molecule has 0 unspecified atom stereocenters. The molecule has 4 nitrogen and oxygen atoms in total. The van der Waals surface area contributed by atoms with Crippen LogP contribution in [0.15, 0.2) is 36.7 Å². The maximum absolute atomic E-state index is 11.8. The molecule has 1 aromatic carbocycles. The molecule has 0 spiro atoms. The summed E-state index contributed by atoms with van der Waals surface area (Å²) in [6.45, 7) is 0. The molecule has 0 saturated heterocycles. The van der Waals surface area contributed by atoms with Crippen molar-refractivity contribution in [2.24, 2.45) is 0 Å². The average molecular weight is 262 g/mol. The number of rotatable bonds is 2. The van der Waals surface area contributed by atoms with Crippen molar-refractivity contribution >= 4 is 17.5 Å². The molecule has 0 aliphatic heterocycles. The Labute approximate surface area is 110 Å². The van der Waals surface area contributed by atoms with Crippen LogP contribution in [0.1, 0.15) is 10.5 Å². The third-order valence-corrected chi connectivity index (χ3v) is 2.65. The number of benzene rings is 1. The molecule has 0 aliphatic carbocycles. The van der Waals surface area contributed by atoms with Crippen molar-refractivity contribution < 1.29 is 4.79 Å². The first kappa shape index (κ1) is 12.5. The van der Waals surface area contributed by atoms with E-state index in [-0.39, 0.29) is 5.91 Å². The molecule has 0 bridgehead atoms. The first-order valence-corrected chi connectivity index (χ1v) is 5.75. The number of aromatic nitrogens is 2. The molecule has 92 valence electrons. The summed E-state index contributed by atoms with van der Waals surface area (Å²) in [4.78, 5) is 21.6. The average Bonchev–Trinajstić information content (AvgIpc) is 2.38. The standard InChI is InChI=1S/C13H12ClN3O/c1-17(2)13(18)12-8-15-7-11(16-12)9-3-5-10(14)6-4-9/h3-8H,1-2H3. The van der Waals surface area contributed by atoms with E-state index in [1.54, 1.807) is 32.4 Å². The lowest BCUT2D eigenvalue weighted by Crippen LogP contribution is -2.23. The Bertz CT molecular complexity index is 567. The molecule has 18 heavy (non-hydrogen) atoms. The summed E-state index contributed by atoms with van der Waals surface area (Å²) in [7, 11) is 3.36. The third-order valence-electron chi connectivity index (χ3n) is 2.40. The second-order valence-corrected chi connectivity index (χ2v) is 4.43. The van der Waals surface area contributed by atoms with Gasteiger partial charge in [-0.3, -0.25) is 9.78 Å². The minimum Gasteiger partial charge on any atom is -0.343 e. The SMILES string of the molecule is CN(C)C(=O)c1cncc(-c2ccc(Cl)cc2)n1. The van der Waals surface area contributed by atoms with Gasteiger partial charge in [-0.15, -0.1) is 0 Å². The van der Waals surface area contributed by atoms with Gasteiger partial charge in [0.25, 0.3) is 5.91 Å². The summed E-state index contributed by atoms with van der Waals surface area (Å²) in [5.41, 5.74) is 1.85. The van der Waals surface area contributed by atoms with Crippen LogP contribution in [0.2, 0.25) is 5.02 Å². The van der Waals surface area contributed by atoms with Gasteiger partial charge in [0.15, 0.2) is 0 Å². The predicted octanol–water partition coefficient (Wildman–Crippen LogP) is 2.50. The molecular weight excluding hydrogens is 250 g/mol. The Balaban J connectivity index is 2.38. The lowest BCUT2D eigenvalue weighted by molar-refractivity contribution is 0.0821. The van der Waals surface area contributed by atoms with E-state index in [1.165, 1.54) is 11.1 Å². The zero-order valence-corrected chi connectivity index (χ0v) is 10.8. The predicted molar refractivity (Wildman–Crippen MR) is 70.5 cm³/mol. The summed E-state index contributed by atoms with van der Waals surface area (Å²) in [6, 6.07) is 7.24. The number of amides is 1. The van der Waals surface area contributed by atoms with Crippen molar-refractivity contribution in [2.75, 3.05) is 14.1 Å². The van der Waals surface area contributed by atoms with E-state index in [4.69, 9.17) is 11.6 Å². The van der Waals surface area contributed by atoms with Gasteiger partial charge in [0.1, 0.15) is 5.69 Å². The second-order valence-electron chi connectivity index (χ2n) is 4.00. The van der Waals surface area contributed by atoms with Crippen LogP contribution in [0.5, 0.6) is 0 Å². The van der Waals surface area contributed by atoms with E-state index in [2.05, 4.69) is 9.97 Å². The first-order chi connectivity index (χ1) is 8.58. The van der Waals surface area contributed by atoms with Crippen LogP contribution in [0.25, 0.3) is 11.3 Å². The Hall–Kier alpha value is -1.94. The number of carbonyl (C=O) groups excluding carboxylic acids is 1. The van der Waals surface area contributed by atoms with Gasteiger partial charge in [0, 0.05) is 24.7 Å². The van der Waals surface area contributed by atoms with Crippen LogP contribution in [0.4, 0.5) is 0 Å². The molecule has 0 saturated carbocycles. The van der Waals surface area contributed by atoms with Gasteiger partial charge < -0.3 is 4.90 Å². The minimum atomic E-state index is -0.168. The van der Waals surface area contributed by atoms with Gasteiger partial charge in [0.05, 0.1) is 18.1 Å². The largest absolute Gasteiger partial charge is 0.343 e. The molecule has 0 fully saturated rings. The number of hydrogen-bond acceptors (Lipinski definition) is 3. The van der Waals surface area contributed by atoms with E-state index >= 15 is 0 Å². The van der Waals surface area contributed by atoms with Crippen molar-refractivity contribution in [3.05, 3.63) is 47.4 Å². The first-order valence-electron chi connectivity index (χ1n) is 5.37. The van der Waals surface area contributed by atoms with Gasteiger partial charge in [-0.25, -0.2) is 4.98 Å². The number of halogens is 1. The highest BCUT2D eigenvalue weighted by atomic mass is 35.5. The smallest absolute Gasteiger partial charge is 0.273 e. The maximum Gasteiger partial charge on any atom is 0.273 e. The molecule has 5 heteroatoms. The van der Waals surface area contributed by atoms with E-state index < -0.39 is 0 Å². The number of hydrogen-bond donors (Lipinski definition) is 0. The summed E-state index contributed by atoms with van der Waals surface area (Å²) < 4.78 is 0. The molecule has 0 N–H and O–H groups in total. The Morgan fingerprint density at radius 1 is 1.17 bits per heavy atom. The van der Waals surface area contributed by atoms with Crippen LogP contribution in [-0.2, 0) is 0 Å². The molecule has 0 aliphatic rings. The molecule has 1 heterocycles. The molecule has 2 rings (SSSR count). The molecular formula is C13H12ClN3O. The van der Waals surface area contributed by atoms with Crippen molar-refractivity contribution in [1.29, 1.82) is 0 Å². The van der Waals surface area contributed by atoms with E-state index in [1.807, 2.05) is 12.1 Å². The second kappa shape index (κ2) is 5.14. The fourth-order valence-electron chi connectivity index (χ4n) is 1.46. The Morgan fingerprint density at radius 2 is 1.83 bits per heavy atom. The zero-order valence-electron chi connectivity index (χ0n) is 10.1. The maximum atomic E-state index is 11.8. The minimum absolute atomic E-state index is 0.168. The van der Waals surface area contributed by atoms with Crippen LogP contribution in [0, 0.1) is 0 Å². The molecule has 0 radical (unpaired) electrons. The van der Waals surface area contributed by atoms with Crippen molar-refractivity contribution in [3.8, 4) is 11.3 Å². The molecule has 0 atom stereocenters. The van der Waals surface area contributed by atoms with Gasteiger partial charge in [-0.2, -0.15) is 0 Å². The molecule has 1 amide bonds. The van der Waals surface area contributed by atoms with E-state index in [0.29, 0.717) is 16.4 Å². The van der Waals surface area contributed by atoms with Crippen LogP contribution < -0.4 is 0 Å². The zero-order chi connectivity index (χ0) is 13.1. The van der Waals surface area contributed by atoms with Gasteiger partial charge in [-0.1, -0.05) is 23.7 Å². The lowest BCUT2D eigenvalue weighted by atomic mass is 10.1. The Morgan fingerprint density at radius 3 is 2.44 bits per heavy atom. The molecule has 2 aromatic rings. The van der Waals surface area contributed by atoms with Crippen LogP contribution >= 0.6 is 11.6 Å². The topological polar surface area (TPSA) is 46.1 Å². The lowest BCUT2D eigenvalue weighted by Gasteiger charge is -2.09. The summed E-state index contributed by atoms with van der Waals surface area (Å²) in [5, 5.41) is 0.659. The summed E-state index contributed by atoms with van der Waals surface area (Å²) in [6.07, 6.45) is 3.08. The van der Waals surface area contributed by atoms with Crippen molar-refractivity contribution in [2.45, 2.75) is 0 Å². The molecule has 1 aromatic heterocycles. The fourth-order valence-corrected chi connectivity index (χ4v) is 1.58. The van der Waals surface area contributed by atoms with Gasteiger partial charge in [0.2, 0.25) is 0 Å². The third kappa shape index (κ3) is 2.65. The summed E-state index contributed by atoms with van der Waals surface area (Å²) in [5.74, 6) is -0.168. The van der Waals surface area contributed by atoms with E-state index in [0.717, 1.165) is 5.56 Å². The van der Waals surface area contributed by atoms with Gasteiger partial charge in [-0.05, 0) is 12.1 Å². The van der Waals surface area contributed by atoms with Crippen molar-refractivity contribution in [1.82, 2.24) is 14.9 Å². The number of nitrogens with zero attached hydrogens (tertiary/aromatic N) is 3. The van der Waals surface area contributed by atoms with Crippen LogP contribution in [0.3, 0.4) is 0 Å². The Kier molecular flexibility index (Phi) is 3.58. The number of carbonyl (C=O) groups is 1. The summed E-state index contributed by atoms with van der Waals surface area (Å²) >= 11 is 5.83. The highest BCUT2D eigenvalue weighted by Crippen LogP contribution is 2.19. The van der Waals surface area contributed by atoms with Gasteiger partial charge >= 0.3 is 0 Å². The normalized spacial score (nSPS) is 10.2. The quantitative estimate of drug-likeness (QED) is 0.834. The van der Waals surface area contributed by atoms with E-state index in [9.17, 15) is 4.79 Å². The highest BCUT2D eigenvalue weighted by molar-refractivity contribution is 6.30. The van der Waals surface area contributed by atoms with Crippen LogP contribution in [-0.4, -0.2) is 34.9 Å². The monoisotopic (exact) mass is 261 g/mol. The fraction of sp³-hybridized carbons (Fsp3) is 0.154.